The Kier molecular flexibility index (Phi) is 5.54. The molecule has 6 nitrogen and oxygen atoms in total. The van der Waals surface area contributed by atoms with Gasteiger partial charge in [0.05, 0.1) is 5.69 Å². The summed E-state index contributed by atoms with van der Waals surface area (Å²) in [6.45, 7) is 3.74. The molecule has 0 atom stereocenters. The van der Waals surface area contributed by atoms with E-state index in [-0.39, 0.29) is 5.75 Å². The zero-order chi connectivity index (χ0) is 21.0. The Morgan fingerprint density at radius 2 is 1.68 bits per heavy atom. The summed E-state index contributed by atoms with van der Waals surface area (Å²) in [6, 6.07) is 21.6. The number of fused-ring (bicyclic) bond motifs is 1. The number of likely N-dealkylation sites (tertiary alicyclic amines) is 1. The van der Waals surface area contributed by atoms with E-state index in [0.717, 1.165) is 29.0 Å². The van der Waals surface area contributed by atoms with E-state index in [2.05, 4.69) is 44.6 Å². The number of aromatic hydroxyl groups is 1. The lowest BCUT2D eigenvalue weighted by molar-refractivity contribution is 0.334. The number of benzene rings is 2. The van der Waals surface area contributed by atoms with Gasteiger partial charge in [0.15, 0.2) is 5.65 Å². The maximum Gasteiger partial charge on any atom is 0.247 e. The van der Waals surface area contributed by atoms with Gasteiger partial charge in [-0.1, -0.05) is 18.2 Å². The average Bonchev–Trinajstić information content (AvgIpc) is 3.45. The van der Waals surface area contributed by atoms with Crippen LogP contribution in [0.3, 0.4) is 0 Å². The molecule has 0 spiro atoms. The highest BCUT2D eigenvalue weighted by Gasteiger charge is 2.11. The lowest BCUT2D eigenvalue weighted by Gasteiger charge is -2.14. The number of phenolic OH excluding ortho intramolecular Hbond substituents is 1. The Balaban J connectivity index is 1.27. The number of aryl methyl sites for hydroxylation is 1. The maximum atomic E-state index is 9.55. The Labute approximate surface area is 182 Å². The van der Waals surface area contributed by atoms with Crippen LogP contribution in [-0.2, 0) is 6.42 Å². The molecule has 1 aliphatic rings. The van der Waals surface area contributed by atoms with Crippen LogP contribution in [0.1, 0.15) is 24.8 Å². The number of nitrogens with one attached hydrogen (secondary N) is 1. The van der Waals surface area contributed by atoms with Gasteiger partial charge in [-0.3, -0.25) is 0 Å². The second kappa shape index (κ2) is 8.78. The number of aromatic nitrogens is 3. The smallest absolute Gasteiger partial charge is 0.247 e. The van der Waals surface area contributed by atoms with Gasteiger partial charge in [0.25, 0.3) is 0 Å². The lowest BCUT2D eigenvalue weighted by Crippen LogP contribution is -2.20. The van der Waals surface area contributed by atoms with Gasteiger partial charge >= 0.3 is 0 Å². The minimum absolute atomic E-state index is 0.247. The minimum atomic E-state index is 0.247. The number of anilines is 2. The molecular weight excluding hydrogens is 386 g/mol. The van der Waals surface area contributed by atoms with Crippen molar-refractivity contribution >= 4 is 17.3 Å². The van der Waals surface area contributed by atoms with Crippen LogP contribution in [0.5, 0.6) is 5.75 Å². The first-order valence-electron chi connectivity index (χ1n) is 11.0. The third-order valence-electron chi connectivity index (χ3n) is 5.87. The molecule has 0 saturated carbocycles. The van der Waals surface area contributed by atoms with Crippen molar-refractivity contribution in [3.63, 3.8) is 0 Å². The number of hydrogen-bond donors (Lipinski definition) is 2. The van der Waals surface area contributed by atoms with Crippen molar-refractivity contribution in [2.75, 3.05) is 25.0 Å². The van der Waals surface area contributed by atoms with Crippen LogP contribution in [0.15, 0.2) is 66.7 Å². The summed E-state index contributed by atoms with van der Waals surface area (Å²) in [4.78, 5) is 7.18. The van der Waals surface area contributed by atoms with Crippen molar-refractivity contribution in [2.24, 2.45) is 0 Å². The van der Waals surface area contributed by atoms with E-state index in [4.69, 9.17) is 0 Å². The van der Waals surface area contributed by atoms with Gasteiger partial charge in [-0.25, -0.2) is 4.52 Å². The van der Waals surface area contributed by atoms with Gasteiger partial charge in [0.1, 0.15) is 5.75 Å². The van der Waals surface area contributed by atoms with E-state index in [0.29, 0.717) is 5.95 Å². The molecule has 0 amide bonds. The third kappa shape index (κ3) is 4.54. The van der Waals surface area contributed by atoms with Crippen molar-refractivity contribution < 1.29 is 5.11 Å². The summed E-state index contributed by atoms with van der Waals surface area (Å²) >= 11 is 0. The van der Waals surface area contributed by atoms with Gasteiger partial charge in [0.2, 0.25) is 5.95 Å². The highest BCUT2D eigenvalue weighted by molar-refractivity contribution is 5.65. The predicted octanol–water partition coefficient (Wildman–Crippen LogP) is 4.87. The number of pyridine rings is 1. The van der Waals surface area contributed by atoms with Crippen LogP contribution in [-0.4, -0.2) is 44.2 Å². The molecule has 158 valence electrons. The molecule has 2 N–H and O–H groups in total. The number of hydrogen-bond acceptors (Lipinski definition) is 5. The van der Waals surface area contributed by atoms with Crippen molar-refractivity contribution in [3.8, 4) is 17.0 Å². The van der Waals surface area contributed by atoms with Crippen molar-refractivity contribution in [3.05, 3.63) is 72.3 Å². The molecule has 6 heteroatoms. The Morgan fingerprint density at radius 1 is 0.903 bits per heavy atom. The van der Waals surface area contributed by atoms with Gasteiger partial charge in [-0.2, -0.15) is 4.98 Å². The summed E-state index contributed by atoms with van der Waals surface area (Å²) in [5, 5.41) is 17.5. The van der Waals surface area contributed by atoms with Crippen LogP contribution in [0.4, 0.5) is 11.6 Å². The normalized spacial score (nSPS) is 14.3. The first-order valence-corrected chi connectivity index (χ1v) is 11.0. The molecule has 0 bridgehead atoms. The van der Waals surface area contributed by atoms with Crippen LogP contribution in [0.25, 0.3) is 16.9 Å². The van der Waals surface area contributed by atoms with Gasteiger partial charge in [-0.05, 0) is 99.4 Å². The lowest BCUT2D eigenvalue weighted by atomic mass is 10.1. The molecule has 3 heterocycles. The number of rotatable bonds is 7. The molecule has 0 aliphatic carbocycles. The molecule has 1 fully saturated rings. The molecule has 1 saturated heterocycles. The van der Waals surface area contributed by atoms with Crippen molar-refractivity contribution in [1.29, 1.82) is 0 Å². The van der Waals surface area contributed by atoms with E-state index in [9.17, 15) is 5.11 Å². The summed E-state index contributed by atoms with van der Waals surface area (Å²) < 4.78 is 1.82. The maximum absolute atomic E-state index is 9.55. The van der Waals surface area contributed by atoms with E-state index in [1.807, 2.05) is 34.8 Å². The SMILES string of the molecule is Oc1ccc(-c2cccc3nc(Nc4ccc(CCCN5CCCC5)cc4)nn23)cc1. The van der Waals surface area contributed by atoms with E-state index >= 15 is 0 Å². The Hall–Kier alpha value is -3.38. The predicted molar refractivity (Wildman–Crippen MR) is 124 cm³/mol. The number of nitrogens with zero attached hydrogens (tertiary/aromatic N) is 4. The van der Waals surface area contributed by atoms with Crippen LogP contribution in [0.2, 0.25) is 0 Å². The highest BCUT2D eigenvalue weighted by atomic mass is 16.3. The van der Waals surface area contributed by atoms with Crippen LogP contribution >= 0.6 is 0 Å². The standard InChI is InChI=1S/C25H27N5O/c31-22-14-10-20(11-15-22)23-6-3-7-24-27-25(28-30(23)24)26-21-12-8-19(9-13-21)5-4-18-29-16-1-2-17-29/h3,6-15,31H,1-2,4-5,16-18H2,(H,26,28). The summed E-state index contributed by atoms with van der Waals surface area (Å²) in [6.07, 6.45) is 5.03. The Morgan fingerprint density at radius 3 is 2.45 bits per heavy atom. The van der Waals surface area contributed by atoms with E-state index in [1.54, 1.807) is 12.1 Å². The molecule has 1 aliphatic heterocycles. The highest BCUT2D eigenvalue weighted by Crippen LogP contribution is 2.24. The van der Waals surface area contributed by atoms with Crippen molar-refractivity contribution in [2.45, 2.75) is 25.7 Å². The topological polar surface area (TPSA) is 65.7 Å². The summed E-state index contributed by atoms with van der Waals surface area (Å²) in [7, 11) is 0. The van der Waals surface area contributed by atoms with Crippen LogP contribution < -0.4 is 5.32 Å². The first kappa shape index (κ1) is 19.6. The molecule has 4 aromatic rings. The minimum Gasteiger partial charge on any atom is -0.508 e. The molecular formula is C25H27N5O. The zero-order valence-electron chi connectivity index (χ0n) is 17.5. The fourth-order valence-electron chi connectivity index (χ4n) is 4.21. The van der Waals surface area contributed by atoms with Gasteiger partial charge in [-0.15, -0.1) is 5.10 Å². The largest absolute Gasteiger partial charge is 0.508 e. The van der Waals surface area contributed by atoms with Crippen molar-refractivity contribution in [1.82, 2.24) is 19.5 Å². The third-order valence-corrected chi connectivity index (χ3v) is 5.87. The van der Waals surface area contributed by atoms with Gasteiger partial charge in [0, 0.05) is 11.3 Å². The molecule has 0 unspecified atom stereocenters. The second-order valence-electron chi connectivity index (χ2n) is 8.14. The average molecular weight is 414 g/mol. The summed E-state index contributed by atoms with van der Waals surface area (Å²) in [5.74, 6) is 0.810. The fourth-order valence-corrected chi connectivity index (χ4v) is 4.21. The van der Waals surface area contributed by atoms with E-state index < -0.39 is 0 Å². The van der Waals surface area contributed by atoms with Gasteiger partial charge < -0.3 is 15.3 Å². The monoisotopic (exact) mass is 413 g/mol. The molecule has 2 aromatic heterocycles. The molecule has 5 rings (SSSR count). The van der Waals surface area contributed by atoms with Crippen LogP contribution in [0, 0.1) is 0 Å². The zero-order valence-corrected chi connectivity index (χ0v) is 17.5. The van der Waals surface area contributed by atoms with E-state index in [1.165, 1.54) is 44.5 Å². The number of phenols is 1. The molecule has 0 radical (unpaired) electrons. The fraction of sp³-hybridized carbons (Fsp3) is 0.280. The Bertz CT molecular complexity index is 1140. The summed E-state index contributed by atoms with van der Waals surface area (Å²) in [5.41, 5.74) is 5.00. The molecule has 31 heavy (non-hydrogen) atoms. The quantitative estimate of drug-likeness (QED) is 0.452. The first-order chi connectivity index (χ1) is 15.2. The second-order valence-corrected chi connectivity index (χ2v) is 8.14. The molecule has 2 aromatic carbocycles.